The number of aromatic hydroxyl groups is 1. The standard InChI is InChI=1S/C14H17BrO/c1-10-6-7-14(16)12(8-10)9-11-4-2-3-5-13(11)15/h6-8,16H,2-5,9H2,1H3. The lowest BCUT2D eigenvalue weighted by Gasteiger charge is -2.17. The van der Waals surface area contributed by atoms with Crippen LogP contribution in [0.3, 0.4) is 0 Å². The van der Waals surface area contributed by atoms with Gasteiger partial charge < -0.3 is 5.11 Å². The molecule has 1 N–H and O–H groups in total. The van der Waals surface area contributed by atoms with E-state index in [0.717, 1.165) is 24.8 Å². The lowest BCUT2D eigenvalue weighted by atomic mass is 9.93. The molecule has 0 heterocycles. The Morgan fingerprint density at radius 1 is 1.25 bits per heavy atom. The Morgan fingerprint density at radius 3 is 2.75 bits per heavy atom. The Bertz CT molecular complexity index is 421. The Balaban J connectivity index is 2.23. The van der Waals surface area contributed by atoms with Crippen LogP contribution in [-0.4, -0.2) is 5.11 Å². The van der Waals surface area contributed by atoms with Gasteiger partial charge >= 0.3 is 0 Å². The number of allylic oxidation sites excluding steroid dienone is 2. The number of phenolic OH excluding ortho intramolecular Hbond substituents is 1. The number of rotatable bonds is 2. The number of hydrogen-bond donors (Lipinski definition) is 1. The zero-order valence-corrected chi connectivity index (χ0v) is 11.2. The summed E-state index contributed by atoms with van der Waals surface area (Å²) in [6.07, 6.45) is 5.75. The lowest BCUT2D eigenvalue weighted by molar-refractivity contribution is 0.468. The normalized spacial score (nSPS) is 16.6. The van der Waals surface area contributed by atoms with Gasteiger partial charge in [0.2, 0.25) is 0 Å². The molecule has 0 saturated carbocycles. The van der Waals surface area contributed by atoms with Gasteiger partial charge in [-0.15, -0.1) is 0 Å². The zero-order chi connectivity index (χ0) is 11.5. The molecule has 1 aliphatic rings. The molecule has 0 aromatic heterocycles. The predicted molar refractivity (Wildman–Crippen MR) is 71.0 cm³/mol. The first-order valence-corrected chi connectivity index (χ1v) is 6.61. The van der Waals surface area contributed by atoms with Crippen LogP contribution in [0, 0.1) is 6.92 Å². The van der Waals surface area contributed by atoms with Crippen molar-refractivity contribution in [1.82, 2.24) is 0 Å². The van der Waals surface area contributed by atoms with Gasteiger partial charge in [0, 0.05) is 0 Å². The third-order valence-electron chi connectivity index (χ3n) is 3.15. The minimum Gasteiger partial charge on any atom is -0.508 e. The topological polar surface area (TPSA) is 20.2 Å². The van der Waals surface area contributed by atoms with Crippen LogP contribution < -0.4 is 0 Å². The second kappa shape index (κ2) is 5.05. The molecule has 1 nitrogen and oxygen atoms in total. The molecule has 2 heteroatoms. The number of phenols is 1. The smallest absolute Gasteiger partial charge is 0.119 e. The fourth-order valence-electron chi connectivity index (χ4n) is 2.20. The summed E-state index contributed by atoms with van der Waals surface area (Å²) in [6.45, 7) is 2.06. The van der Waals surface area contributed by atoms with Crippen LogP contribution in [0.5, 0.6) is 5.75 Å². The Kier molecular flexibility index (Phi) is 3.70. The summed E-state index contributed by atoms with van der Waals surface area (Å²) >= 11 is 3.65. The molecule has 16 heavy (non-hydrogen) atoms. The molecule has 0 saturated heterocycles. The maximum atomic E-state index is 9.81. The molecule has 0 radical (unpaired) electrons. The van der Waals surface area contributed by atoms with Crippen molar-refractivity contribution in [2.75, 3.05) is 0 Å². The van der Waals surface area contributed by atoms with Gasteiger partial charge in [-0.05, 0) is 55.1 Å². The van der Waals surface area contributed by atoms with Crippen molar-refractivity contribution in [1.29, 1.82) is 0 Å². The highest BCUT2D eigenvalue weighted by Gasteiger charge is 2.12. The highest BCUT2D eigenvalue weighted by Crippen LogP contribution is 2.32. The fraction of sp³-hybridized carbons (Fsp3) is 0.429. The summed E-state index contributed by atoms with van der Waals surface area (Å²) in [5.41, 5.74) is 3.71. The minimum atomic E-state index is 0.420. The summed E-state index contributed by atoms with van der Waals surface area (Å²) < 4.78 is 1.35. The molecule has 2 rings (SSSR count). The first-order valence-electron chi connectivity index (χ1n) is 5.81. The van der Waals surface area contributed by atoms with Crippen LogP contribution in [0.25, 0.3) is 0 Å². The number of benzene rings is 1. The van der Waals surface area contributed by atoms with Crippen molar-refractivity contribution in [2.45, 2.75) is 39.0 Å². The van der Waals surface area contributed by atoms with Gasteiger partial charge in [-0.25, -0.2) is 0 Å². The van der Waals surface area contributed by atoms with E-state index in [1.807, 2.05) is 6.07 Å². The molecule has 1 aliphatic carbocycles. The van der Waals surface area contributed by atoms with Gasteiger partial charge in [-0.3, -0.25) is 0 Å². The van der Waals surface area contributed by atoms with Crippen molar-refractivity contribution in [3.05, 3.63) is 39.4 Å². The van der Waals surface area contributed by atoms with Gasteiger partial charge in [-0.1, -0.05) is 39.2 Å². The van der Waals surface area contributed by atoms with Crippen molar-refractivity contribution >= 4 is 15.9 Å². The van der Waals surface area contributed by atoms with E-state index in [4.69, 9.17) is 0 Å². The second-order valence-electron chi connectivity index (χ2n) is 4.52. The molecule has 1 aromatic carbocycles. The summed E-state index contributed by atoms with van der Waals surface area (Å²) in [5, 5.41) is 9.81. The van der Waals surface area contributed by atoms with Crippen molar-refractivity contribution < 1.29 is 5.11 Å². The first kappa shape index (κ1) is 11.7. The van der Waals surface area contributed by atoms with Crippen LogP contribution in [0.1, 0.15) is 36.8 Å². The molecule has 0 fully saturated rings. The van der Waals surface area contributed by atoms with E-state index >= 15 is 0 Å². The maximum Gasteiger partial charge on any atom is 0.119 e. The molecule has 86 valence electrons. The van der Waals surface area contributed by atoms with Crippen LogP contribution in [-0.2, 0) is 6.42 Å². The summed E-state index contributed by atoms with van der Waals surface area (Å²) in [5.74, 6) is 0.420. The Labute approximate surface area is 105 Å². The fourth-order valence-corrected chi connectivity index (χ4v) is 2.82. The van der Waals surface area contributed by atoms with Crippen molar-refractivity contribution in [3.63, 3.8) is 0 Å². The van der Waals surface area contributed by atoms with E-state index < -0.39 is 0 Å². The van der Waals surface area contributed by atoms with Crippen LogP contribution in [0.4, 0.5) is 0 Å². The summed E-state index contributed by atoms with van der Waals surface area (Å²) in [6, 6.07) is 5.82. The molecule has 0 amide bonds. The molecule has 0 spiro atoms. The number of hydrogen-bond acceptors (Lipinski definition) is 1. The average Bonchev–Trinajstić information content (AvgIpc) is 2.27. The van der Waals surface area contributed by atoms with Gasteiger partial charge in [0.15, 0.2) is 0 Å². The van der Waals surface area contributed by atoms with E-state index in [1.54, 1.807) is 6.07 Å². The van der Waals surface area contributed by atoms with Gasteiger partial charge in [-0.2, -0.15) is 0 Å². The number of aryl methyl sites for hydroxylation is 1. The third-order valence-corrected chi connectivity index (χ3v) is 4.10. The van der Waals surface area contributed by atoms with E-state index in [1.165, 1.54) is 28.5 Å². The first-order chi connectivity index (χ1) is 7.66. The quantitative estimate of drug-likeness (QED) is 0.848. The lowest BCUT2D eigenvalue weighted by Crippen LogP contribution is -1.99. The number of halogens is 1. The van der Waals surface area contributed by atoms with Crippen LogP contribution in [0.2, 0.25) is 0 Å². The molecule has 1 aromatic rings. The van der Waals surface area contributed by atoms with Gasteiger partial charge in [0.1, 0.15) is 5.75 Å². The Morgan fingerprint density at radius 2 is 2.00 bits per heavy atom. The van der Waals surface area contributed by atoms with Crippen LogP contribution >= 0.6 is 15.9 Å². The molecule has 0 unspecified atom stereocenters. The average molecular weight is 281 g/mol. The summed E-state index contributed by atoms with van der Waals surface area (Å²) in [4.78, 5) is 0. The van der Waals surface area contributed by atoms with E-state index in [2.05, 4.69) is 28.9 Å². The largest absolute Gasteiger partial charge is 0.508 e. The van der Waals surface area contributed by atoms with Crippen molar-refractivity contribution in [3.8, 4) is 5.75 Å². The third kappa shape index (κ3) is 2.67. The van der Waals surface area contributed by atoms with Gasteiger partial charge in [0.25, 0.3) is 0 Å². The monoisotopic (exact) mass is 280 g/mol. The SMILES string of the molecule is Cc1ccc(O)c(CC2=C(Br)CCCC2)c1. The van der Waals surface area contributed by atoms with E-state index in [9.17, 15) is 5.11 Å². The molecule has 0 aliphatic heterocycles. The molecule has 0 atom stereocenters. The zero-order valence-electron chi connectivity index (χ0n) is 9.59. The maximum absolute atomic E-state index is 9.81. The van der Waals surface area contributed by atoms with E-state index in [-0.39, 0.29) is 0 Å². The van der Waals surface area contributed by atoms with Crippen LogP contribution in [0.15, 0.2) is 28.3 Å². The minimum absolute atomic E-state index is 0.420. The molecule has 0 bridgehead atoms. The molecular formula is C14H17BrO. The highest BCUT2D eigenvalue weighted by molar-refractivity contribution is 9.11. The summed E-state index contributed by atoms with van der Waals surface area (Å²) in [7, 11) is 0. The predicted octanol–water partition coefficient (Wildman–Crippen LogP) is 4.47. The Hall–Kier alpha value is -0.760. The highest BCUT2D eigenvalue weighted by atomic mass is 79.9. The van der Waals surface area contributed by atoms with Gasteiger partial charge in [0.05, 0.1) is 0 Å². The molecular weight excluding hydrogens is 264 g/mol. The second-order valence-corrected chi connectivity index (χ2v) is 5.48. The van der Waals surface area contributed by atoms with E-state index in [0.29, 0.717) is 5.75 Å². The van der Waals surface area contributed by atoms with Crippen molar-refractivity contribution in [2.24, 2.45) is 0 Å².